The average Bonchev–Trinajstić information content (AvgIpc) is 2.26. The van der Waals surface area contributed by atoms with Crippen molar-refractivity contribution in [1.29, 1.82) is 0 Å². The molecule has 2 atom stereocenters. The van der Waals surface area contributed by atoms with E-state index in [0.29, 0.717) is 0 Å². The standard InChI is InChI=1S/C10H12F3NO4/c1-3-17-8(15)7-5-4-6(2)18-14(7)9(16)10(11,12)13/h4-7H,3H2,1-2H3. The summed E-state index contributed by atoms with van der Waals surface area (Å²) in [5.41, 5.74) is 0. The van der Waals surface area contributed by atoms with Crippen LogP contribution < -0.4 is 0 Å². The van der Waals surface area contributed by atoms with Crippen molar-refractivity contribution in [3.8, 4) is 0 Å². The SMILES string of the molecule is CCOC(=O)C1C=CC(C)ON1C(=O)C(F)(F)F. The second-order valence-corrected chi connectivity index (χ2v) is 3.52. The molecule has 0 saturated carbocycles. The maximum absolute atomic E-state index is 12.3. The molecule has 0 N–H and O–H groups in total. The highest BCUT2D eigenvalue weighted by Gasteiger charge is 2.48. The summed E-state index contributed by atoms with van der Waals surface area (Å²) in [7, 11) is 0. The Morgan fingerprint density at radius 3 is 2.50 bits per heavy atom. The lowest BCUT2D eigenvalue weighted by Crippen LogP contribution is -2.52. The van der Waals surface area contributed by atoms with Gasteiger partial charge in [-0.2, -0.15) is 18.2 Å². The van der Waals surface area contributed by atoms with Crippen molar-refractivity contribution >= 4 is 11.9 Å². The lowest BCUT2D eigenvalue weighted by Gasteiger charge is -2.32. The van der Waals surface area contributed by atoms with Gasteiger partial charge in [-0.25, -0.2) is 4.79 Å². The summed E-state index contributed by atoms with van der Waals surface area (Å²) < 4.78 is 41.6. The van der Waals surface area contributed by atoms with E-state index in [1.165, 1.54) is 19.9 Å². The van der Waals surface area contributed by atoms with Crippen LogP contribution in [0.25, 0.3) is 0 Å². The van der Waals surface area contributed by atoms with Crippen molar-refractivity contribution in [2.75, 3.05) is 6.61 Å². The van der Waals surface area contributed by atoms with Crippen LogP contribution in [0.4, 0.5) is 13.2 Å². The first-order valence-corrected chi connectivity index (χ1v) is 5.19. The largest absolute Gasteiger partial charge is 0.473 e. The third-order valence-electron chi connectivity index (χ3n) is 2.07. The third-order valence-corrected chi connectivity index (χ3v) is 2.07. The van der Waals surface area contributed by atoms with Gasteiger partial charge < -0.3 is 4.74 Å². The molecular formula is C10H12F3NO4. The number of amides is 1. The van der Waals surface area contributed by atoms with Gasteiger partial charge in [-0.1, -0.05) is 6.08 Å². The number of carbonyl (C=O) groups excluding carboxylic acids is 2. The molecule has 8 heteroatoms. The smallest absolute Gasteiger partial charge is 0.464 e. The van der Waals surface area contributed by atoms with Gasteiger partial charge in [-0.15, -0.1) is 0 Å². The molecule has 0 saturated heterocycles. The Morgan fingerprint density at radius 2 is 2.00 bits per heavy atom. The zero-order valence-corrected chi connectivity index (χ0v) is 9.73. The van der Waals surface area contributed by atoms with Gasteiger partial charge in [0.05, 0.1) is 6.61 Å². The monoisotopic (exact) mass is 267 g/mol. The zero-order chi connectivity index (χ0) is 13.9. The summed E-state index contributed by atoms with van der Waals surface area (Å²) in [6.45, 7) is 2.94. The molecule has 0 radical (unpaired) electrons. The fourth-order valence-corrected chi connectivity index (χ4v) is 1.32. The molecule has 18 heavy (non-hydrogen) atoms. The van der Waals surface area contributed by atoms with Gasteiger partial charge in [0, 0.05) is 0 Å². The van der Waals surface area contributed by atoms with Crippen molar-refractivity contribution in [2.45, 2.75) is 32.2 Å². The summed E-state index contributed by atoms with van der Waals surface area (Å²) >= 11 is 0. The second-order valence-electron chi connectivity index (χ2n) is 3.52. The lowest BCUT2D eigenvalue weighted by atomic mass is 10.2. The minimum Gasteiger partial charge on any atom is -0.464 e. The molecule has 5 nitrogen and oxygen atoms in total. The van der Waals surface area contributed by atoms with Gasteiger partial charge in [0.2, 0.25) is 0 Å². The van der Waals surface area contributed by atoms with Gasteiger partial charge in [0.1, 0.15) is 6.10 Å². The molecule has 102 valence electrons. The third kappa shape index (κ3) is 3.22. The van der Waals surface area contributed by atoms with Crippen molar-refractivity contribution in [3.63, 3.8) is 0 Å². The Morgan fingerprint density at radius 1 is 1.39 bits per heavy atom. The molecule has 0 aromatic heterocycles. The maximum atomic E-state index is 12.3. The Bertz CT molecular complexity index is 367. The van der Waals surface area contributed by atoms with E-state index in [4.69, 9.17) is 4.84 Å². The molecule has 0 bridgehead atoms. The first kappa shape index (κ1) is 14.5. The molecule has 1 amide bonds. The average molecular weight is 267 g/mol. The van der Waals surface area contributed by atoms with E-state index < -0.39 is 30.2 Å². The number of esters is 1. The molecule has 0 spiro atoms. The van der Waals surface area contributed by atoms with Crippen LogP contribution >= 0.6 is 0 Å². The first-order valence-electron chi connectivity index (χ1n) is 5.19. The van der Waals surface area contributed by atoms with Crippen LogP contribution in [0.3, 0.4) is 0 Å². The predicted molar refractivity (Wildman–Crippen MR) is 53.0 cm³/mol. The summed E-state index contributed by atoms with van der Waals surface area (Å²) in [5, 5.41) is 0.00264. The van der Waals surface area contributed by atoms with E-state index in [1.807, 2.05) is 0 Å². The van der Waals surface area contributed by atoms with Crippen LogP contribution in [0.2, 0.25) is 0 Å². The fraction of sp³-hybridized carbons (Fsp3) is 0.600. The molecular weight excluding hydrogens is 255 g/mol. The minimum atomic E-state index is -5.12. The number of hydroxylamine groups is 2. The number of hydrogen-bond acceptors (Lipinski definition) is 4. The highest BCUT2D eigenvalue weighted by atomic mass is 19.4. The first-order chi connectivity index (χ1) is 8.27. The van der Waals surface area contributed by atoms with Gasteiger partial charge >= 0.3 is 18.1 Å². The van der Waals surface area contributed by atoms with Gasteiger partial charge in [-0.05, 0) is 19.9 Å². The fourth-order valence-electron chi connectivity index (χ4n) is 1.32. The maximum Gasteiger partial charge on any atom is 0.473 e. The van der Waals surface area contributed by atoms with Crippen molar-refractivity contribution in [3.05, 3.63) is 12.2 Å². The molecule has 1 aliphatic rings. The highest BCUT2D eigenvalue weighted by molar-refractivity contribution is 5.88. The molecule has 1 rings (SSSR count). The molecule has 0 fully saturated rings. The predicted octanol–water partition coefficient (Wildman–Crippen LogP) is 1.20. The number of carbonyl (C=O) groups is 2. The minimum absolute atomic E-state index is 0.00264. The Balaban J connectivity index is 2.94. The van der Waals surface area contributed by atoms with Crippen LogP contribution in [0.1, 0.15) is 13.8 Å². The Kier molecular flexibility index (Phi) is 4.33. The van der Waals surface area contributed by atoms with Gasteiger partial charge in [0.15, 0.2) is 6.04 Å². The number of halogens is 3. The number of alkyl halides is 3. The van der Waals surface area contributed by atoms with Crippen molar-refractivity contribution in [1.82, 2.24) is 5.06 Å². The molecule has 1 aliphatic heterocycles. The van der Waals surface area contributed by atoms with Gasteiger partial charge in [-0.3, -0.25) is 9.63 Å². The summed E-state index contributed by atoms with van der Waals surface area (Å²) in [4.78, 5) is 27.3. The van der Waals surface area contributed by atoms with E-state index in [9.17, 15) is 22.8 Å². The molecule has 2 unspecified atom stereocenters. The highest BCUT2D eigenvalue weighted by Crippen LogP contribution is 2.24. The van der Waals surface area contributed by atoms with E-state index in [-0.39, 0.29) is 11.7 Å². The number of hydrogen-bond donors (Lipinski definition) is 0. The molecule has 0 aliphatic carbocycles. The topological polar surface area (TPSA) is 55.8 Å². The Labute approximate surface area is 101 Å². The van der Waals surface area contributed by atoms with E-state index in [2.05, 4.69) is 4.74 Å². The summed E-state index contributed by atoms with van der Waals surface area (Å²) in [5.74, 6) is -3.21. The van der Waals surface area contributed by atoms with Crippen LogP contribution in [0, 0.1) is 0 Å². The summed E-state index contributed by atoms with van der Waals surface area (Å²) in [6, 6.07) is -1.52. The summed E-state index contributed by atoms with van der Waals surface area (Å²) in [6.07, 6.45) is -3.32. The van der Waals surface area contributed by atoms with Crippen molar-refractivity contribution < 1.29 is 32.3 Å². The number of ether oxygens (including phenoxy) is 1. The quantitative estimate of drug-likeness (QED) is 0.557. The Hall–Kier alpha value is -1.57. The lowest BCUT2D eigenvalue weighted by molar-refractivity contribution is -0.248. The van der Waals surface area contributed by atoms with Crippen LogP contribution in [0.15, 0.2) is 12.2 Å². The van der Waals surface area contributed by atoms with Crippen LogP contribution in [-0.4, -0.2) is 41.9 Å². The molecule has 0 aromatic rings. The molecule has 0 aromatic carbocycles. The van der Waals surface area contributed by atoms with Gasteiger partial charge in [0.25, 0.3) is 0 Å². The number of nitrogens with zero attached hydrogens (tertiary/aromatic N) is 1. The van der Waals surface area contributed by atoms with Crippen LogP contribution in [0.5, 0.6) is 0 Å². The second kappa shape index (κ2) is 5.38. The zero-order valence-electron chi connectivity index (χ0n) is 9.73. The number of rotatable bonds is 2. The normalized spacial score (nSPS) is 23.9. The van der Waals surface area contributed by atoms with Crippen LogP contribution in [-0.2, 0) is 19.2 Å². The van der Waals surface area contributed by atoms with Crippen molar-refractivity contribution in [2.24, 2.45) is 0 Å². The van der Waals surface area contributed by atoms with E-state index in [1.54, 1.807) is 0 Å². The molecule has 1 heterocycles. The van der Waals surface area contributed by atoms with E-state index >= 15 is 0 Å². The van der Waals surface area contributed by atoms with E-state index in [0.717, 1.165) is 6.08 Å².